The molecule has 28 heavy (non-hydrogen) atoms. The number of aromatic nitrogens is 5. The van der Waals surface area contributed by atoms with Crippen LogP contribution in [-0.2, 0) is 11.3 Å². The fourth-order valence-electron chi connectivity index (χ4n) is 3.38. The van der Waals surface area contributed by atoms with E-state index in [4.69, 9.17) is 0 Å². The Labute approximate surface area is 163 Å². The predicted molar refractivity (Wildman–Crippen MR) is 105 cm³/mol. The molecule has 3 aromatic heterocycles. The number of amides is 1. The van der Waals surface area contributed by atoms with Crippen LogP contribution in [0.5, 0.6) is 0 Å². The van der Waals surface area contributed by atoms with Crippen molar-refractivity contribution in [3.05, 3.63) is 55.5 Å². The molecule has 8 nitrogen and oxygen atoms in total. The SMILES string of the molecule is O=C(CCCn1ccnc1)NC1CCN(c2nccc(-c3cccnc3)n2)C1. The number of pyridine rings is 1. The van der Waals surface area contributed by atoms with Gasteiger partial charge in [-0.2, -0.15) is 0 Å². The van der Waals surface area contributed by atoms with Gasteiger partial charge in [-0.3, -0.25) is 9.78 Å². The molecule has 3 aromatic rings. The van der Waals surface area contributed by atoms with E-state index in [0.29, 0.717) is 12.4 Å². The summed E-state index contributed by atoms with van der Waals surface area (Å²) in [4.78, 5) is 31.6. The largest absolute Gasteiger partial charge is 0.352 e. The Hall–Kier alpha value is -3.29. The van der Waals surface area contributed by atoms with Gasteiger partial charge < -0.3 is 14.8 Å². The standard InChI is InChI=1S/C20H23N7O/c28-19(4-2-10-26-12-9-22-15-26)24-17-6-11-27(14-17)20-23-8-5-18(25-20)16-3-1-7-21-13-16/h1,3,5,7-9,12-13,15,17H,2,4,6,10-11,14H2,(H,24,28). The normalized spacial score (nSPS) is 16.3. The highest BCUT2D eigenvalue weighted by Gasteiger charge is 2.25. The highest BCUT2D eigenvalue weighted by molar-refractivity contribution is 5.76. The summed E-state index contributed by atoms with van der Waals surface area (Å²) >= 11 is 0. The molecule has 1 unspecified atom stereocenters. The summed E-state index contributed by atoms with van der Waals surface area (Å²) in [5, 5.41) is 3.13. The maximum absolute atomic E-state index is 12.2. The minimum absolute atomic E-state index is 0.0944. The van der Waals surface area contributed by atoms with E-state index < -0.39 is 0 Å². The Morgan fingerprint density at radius 2 is 2.18 bits per heavy atom. The summed E-state index contributed by atoms with van der Waals surface area (Å²) in [5.41, 5.74) is 1.82. The van der Waals surface area contributed by atoms with Crippen molar-refractivity contribution in [1.82, 2.24) is 29.8 Å². The Bertz CT molecular complexity index is 898. The Kier molecular flexibility index (Phi) is 5.56. The third kappa shape index (κ3) is 4.51. The van der Waals surface area contributed by atoms with Gasteiger partial charge in [-0.05, 0) is 31.0 Å². The summed E-state index contributed by atoms with van der Waals surface area (Å²) in [6.07, 6.45) is 13.0. The summed E-state index contributed by atoms with van der Waals surface area (Å²) in [5.74, 6) is 0.787. The number of imidazole rings is 1. The lowest BCUT2D eigenvalue weighted by atomic mass is 10.2. The number of carbonyl (C=O) groups excluding carboxylic acids is 1. The van der Waals surface area contributed by atoms with Gasteiger partial charge in [0, 0.05) is 68.6 Å². The molecule has 0 aromatic carbocycles. The number of hydrogen-bond donors (Lipinski definition) is 1. The molecule has 1 aliphatic rings. The Morgan fingerprint density at radius 3 is 3.00 bits per heavy atom. The van der Waals surface area contributed by atoms with Crippen LogP contribution in [0.1, 0.15) is 19.3 Å². The molecule has 0 saturated carbocycles. The van der Waals surface area contributed by atoms with E-state index in [1.165, 1.54) is 0 Å². The van der Waals surface area contributed by atoms with Gasteiger partial charge in [0.1, 0.15) is 0 Å². The van der Waals surface area contributed by atoms with E-state index in [2.05, 4.69) is 30.2 Å². The molecule has 0 bridgehead atoms. The fourth-order valence-corrected chi connectivity index (χ4v) is 3.38. The smallest absolute Gasteiger partial charge is 0.225 e. The van der Waals surface area contributed by atoms with Gasteiger partial charge in [0.05, 0.1) is 12.0 Å². The molecule has 4 heterocycles. The maximum Gasteiger partial charge on any atom is 0.225 e. The molecule has 4 rings (SSSR count). The first-order chi connectivity index (χ1) is 13.8. The monoisotopic (exact) mass is 377 g/mol. The molecular formula is C20H23N7O. The average Bonchev–Trinajstić information content (AvgIpc) is 3.41. The third-order valence-electron chi connectivity index (χ3n) is 4.82. The number of hydrogen-bond acceptors (Lipinski definition) is 6. The lowest BCUT2D eigenvalue weighted by molar-refractivity contribution is -0.121. The van der Waals surface area contributed by atoms with Crippen molar-refractivity contribution in [3.63, 3.8) is 0 Å². The Morgan fingerprint density at radius 1 is 1.21 bits per heavy atom. The van der Waals surface area contributed by atoms with Crippen LogP contribution in [0, 0.1) is 0 Å². The van der Waals surface area contributed by atoms with Gasteiger partial charge in [-0.15, -0.1) is 0 Å². The van der Waals surface area contributed by atoms with Crippen molar-refractivity contribution in [2.45, 2.75) is 31.8 Å². The molecule has 0 spiro atoms. The third-order valence-corrected chi connectivity index (χ3v) is 4.82. The zero-order chi connectivity index (χ0) is 19.2. The summed E-state index contributed by atoms with van der Waals surface area (Å²) in [6.45, 7) is 2.36. The van der Waals surface area contributed by atoms with Crippen LogP contribution < -0.4 is 10.2 Å². The van der Waals surface area contributed by atoms with E-state index in [1.54, 1.807) is 31.1 Å². The minimum atomic E-state index is 0.0944. The number of rotatable bonds is 7. The second kappa shape index (κ2) is 8.60. The quantitative estimate of drug-likeness (QED) is 0.677. The van der Waals surface area contributed by atoms with Crippen LogP contribution in [0.3, 0.4) is 0 Å². The highest BCUT2D eigenvalue weighted by atomic mass is 16.1. The number of anilines is 1. The van der Waals surface area contributed by atoms with Crippen LogP contribution >= 0.6 is 0 Å². The van der Waals surface area contributed by atoms with Crippen molar-refractivity contribution in [2.24, 2.45) is 0 Å². The first kappa shape index (κ1) is 18.1. The van der Waals surface area contributed by atoms with E-state index in [-0.39, 0.29) is 11.9 Å². The second-order valence-corrected chi connectivity index (χ2v) is 6.89. The van der Waals surface area contributed by atoms with Crippen LogP contribution in [-0.4, -0.2) is 49.5 Å². The molecule has 0 radical (unpaired) electrons. The summed E-state index contributed by atoms with van der Waals surface area (Å²) in [6, 6.07) is 5.89. The molecule has 1 N–H and O–H groups in total. The molecule has 1 fully saturated rings. The lowest BCUT2D eigenvalue weighted by Crippen LogP contribution is -2.37. The van der Waals surface area contributed by atoms with E-state index in [9.17, 15) is 4.79 Å². The molecule has 1 amide bonds. The number of nitrogens with one attached hydrogen (secondary N) is 1. The van der Waals surface area contributed by atoms with Crippen LogP contribution in [0.15, 0.2) is 55.5 Å². The lowest BCUT2D eigenvalue weighted by Gasteiger charge is -2.17. The van der Waals surface area contributed by atoms with E-state index >= 15 is 0 Å². The van der Waals surface area contributed by atoms with E-state index in [1.807, 2.05) is 29.0 Å². The number of carbonyl (C=O) groups is 1. The average molecular weight is 377 g/mol. The van der Waals surface area contributed by atoms with Gasteiger partial charge in [0.2, 0.25) is 11.9 Å². The van der Waals surface area contributed by atoms with Crippen molar-refractivity contribution in [3.8, 4) is 11.3 Å². The molecule has 0 aliphatic carbocycles. The first-order valence-electron chi connectivity index (χ1n) is 9.51. The van der Waals surface area contributed by atoms with Crippen LogP contribution in [0.4, 0.5) is 5.95 Å². The van der Waals surface area contributed by atoms with Crippen molar-refractivity contribution in [1.29, 1.82) is 0 Å². The summed E-state index contributed by atoms with van der Waals surface area (Å²) < 4.78 is 1.98. The van der Waals surface area contributed by atoms with Crippen LogP contribution in [0.25, 0.3) is 11.3 Å². The fraction of sp³-hybridized carbons (Fsp3) is 0.350. The molecule has 1 atom stereocenters. The van der Waals surface area contributed by atoms with Gasteiger partial charge in [-0.1, -0.05) is 0 Å². The molecule has 144 valence electrons. The molecule has 1 saturated heterocycles. The zero-order valence-corrected chi connectivity index (χ0v) is 15.6. The number of aryl methyl sites for hydroxylation is 1. The first-order valence-corrected chi connectivity index (χ1v) is 9.51. The van der Waals surface area contributed by atoms with Crippen molar-refractivity contribution in [2.75, 3.05) is 18.0 Å². The predicted octanol–water partition coefficient (Wildman–Crippen LogP) is 1.91. The zero-order valence-electron chi connectivity index (χ0n) is 15.6. The minimum Gasteiger partial charge on any atom is -0.352 e. The van der Waals surface area contributed by atoms with Crippen molar-refractivity contribution >= 4 is 11.9 Å². The Balaban J connectivity index is 1.29. The van der Waals surface area contributed by atoms with Crippen LogP contribution in [0.2, 0.25) is 0 Å². The second-order valence-electron chi connectivity index (χ2n) is 6.89. The maximum atomic E-state index is 12.2. The number of nitrogens with zero attached hydrogens (tertiary/aromatic N) is 6. The molecule has 8 heteroatoms. The molecular weight excluding hydrogens is 354 g/mol. The highest BCUT2D eigenvalue weighted by Crippen LogP contribution is 2.20. The van der Waals surface area contributed by atoms with E-state index in [0.717, 1.165) is 43.7 Å². The van der Waals surface area contributed by atoms with Gasteiger partial charge in [0.25, 0.3) is 0 Å². The summed E-state index contributed by atoms with van der Waals surface area (Å²) in [7, 11) is 0. The topological polar surface area (TPSA) is 88.8 Å². The van der Waals surface area contributed by atoms with Crippen molar-refractivity contribution < 1.29 is 4.79 Å². The van der Waals surface area contributed by atoms with Gasteiger partial charge in [-0.25, -0.2) is 15.0 Å². The van der Waals surface area contributed by atoms with Gasteiger partial charge >= 0.3 is 0 Å². The van der Waals surface area contributed by atoms with Gasteiger partial charge in [0.15, 0.2) is 0 Å². The molecule has 1 aliphatic heterocycles.